The van der Waals surface area contributed by atoms with E-state index in [1.54, 1.807) is 6.92 Å². The molecule has 1 fully saturated rings. The number of nitrogens with zero attached hydrogens (tertiary/aromatic N) is 1. The van der Waals surface area contributed by atoms with Gasteiger partial charge in [0.1, 0.15) is 0 Å². The van der Waals surface area contributed by atoms with E-state index in [2.05, 4.69) is 24.3 Å². The Morgan fingerprint density at radius 3 is 2.33 bits per heavy atom. The highest BCUT2D eigenvalue weighted by molar-refractivity contribution is 5.72. The summed E-state index contributed by atoms with van der Waals surface area (Å²) >= 11 is 0. The van der Waals surface area contributed by atoms with Crippen LogP contribution in [0.15, 0.2) is 0 Å². The van der Waals surface area contributed by atoms with Crippen molar-refractivity contribution >= 4 is 5.91 Å². The fourth-order valence-corrected chi connectivity index (χ4v) is 2.40. The molecule has 1 amide bonds. The molecule has 0 radical (unpaired) electrons. The maximum absolute atomic E-state index is 10.7. The van der Waals surface area contributed by atoms with Gasteiger partial charge < -0.3 is 10.2 Å². The van der Waals surface area contributed by atoms with Crippen LogP contribution in [0.2, 0.25) is 0 Å². The van der Waals surface area contributed by atoms with Gasteiger partial charge in [0.25, 0.3) is 0 Å². The second kappa shape index (κ2) is 6.11. The zero-order valence-corrected chi connectivity index (χ0v) is 10.3. The van der Waals surface area contributed by atoms with E-state index in [-0.39, 0.29) is 5.91 Å². The molecular formula is C12H24N2O. The fraction of sp³-hybridized carbons (Fsp3) is 0.917. The summed E-state index contributed by atoms with van der Waals surface area (Å²) in [6.07, 6.45) is 6.43. The minimum atomic E-state index is 0.0944. The van der Waals surface area contributed by atoms with Crippen LogP contribution in [0.1, 0.15) is 39.0 Å². The van der Waals surface area contributed by atoms with Gasteiger partial charge in [0, 0.05) is 19.5 Å². The van der Waals surface area contributed by atoms with E-state index in [0.29, 0.717) is 0 Å². The Labute approximate surface area is 93.2 Å². The Morgan fingerprint density at radius 1 is 1.27 bits per heavy atom. The number of carbonyl (C=O) groups is 1. The van der Waals surface area contributed by atoms with Crippen LogP contribution in [0.4, 0.5) is 0 Å². The summed E-state index contributed by atoms with van der Waals surface area (Å²) in [5.74, 6) is 0.921. The van der Waals surface area contributed by atoms with Gasteiger partial charge in [-0.1, -0.05) is 0 Å². The van der Waals surface area contributed by atoms with Crippen molar-refractivity contribution in [2.75, 3.05) is 20.6 Å². The number of nitrogens with one attached hydrogen (secondary N) is 1. The van der Waals surface area contributed by atoms with Crippen molar-refractivity contribution in [1.82, 2.24) is 10.2 Å². The number of rotatable bonds is 4. The monoisotopic (exact) mass is 212 g/mol. The van der Waals surface area contributed by atoms with Gasteiger partial charge in [-0.05, 0) is 52.1 Å². The minimum Gasteiger partial charge on any atom is -0.356 e. The maximum Gasteiger partial charge on any atom is 0.216 e. The number of amides is 1. The van der Waals surface area contributed by atoms with E-state index in [4.69, 9.17) is 0 Å². The van der Waals surface area contributed by atoms with Gasteiger partial charge in [-0.15, -0.1) is 0 Å². The summed E-state index contributed by atoms with van der Waals surface area (Å²) in [6, 6.07) is 0.780. The molecule has 0 atom stereocenters. The van der Waals surface area contributed by atoms with Crippen molar-refractivity contribution in [2.24, 2.45) is 5.92 Å². The molecule has 0 unspecified atom stereocenters. The lowest BCUT2D eigenvalue weighted by Crippen LogP contribution is -2.33. The number of hydrogen-bond donors (Lipinski definition) is 1. The van der Waals surface area contributed by atoms with Crippen molar-refractivity contribution < 1.29 is 4.79 Å². The van der Waals surface area contributed by atoms with Crippen LogP contribution in [-0.2, 0) is 4.79 Å². The smallest absolute Gasteiger partial charge is 0.216 e. The fourth-order valence-electron chi connectivity index (χ4n) is 2.40. The summed E-state index contributed by atoms with van der Waals surface area (Å²) in [7, 11) is 4.34. The van der Waals surface area contributed by atoms with Crippen LogP contribution in [-0.4, -0.2) is 37.5 Å². The molecule has 0 spiro atoms. The molecule has 0 heterocycles. The van der Waals surface area contributed by atoms with Gasteiger partial charge in [0.15, 0.2) is 0 Å². The second-order valence-corrected chi connectivity index (χ2v) is 4.91. The Bertz CT molecular complexity index is 196. The van der Waals surface area contributed by atoms with Crippen LogP contribution in [0.5, 0.6) is 0 Å². The normalized spacial score (nSPS) is 26.7. The van der Waals surface area contributed by atoms with Crippen LogP contribution >= 0.6 is 0 Å². The lowest BCUT2D eigenvalue weighted by molar-refractivity contribution is -0.119. The summed E-state index contributed by atoms with van der Waals surface area (Å²) in [4.78, 5) is 13.0. The lowest BCUT2D eigenvalue weighted by Gasteiger charge is -2.32. The van der Waals surface area contributed by atoms with E-state index in [1.165, 1.54) is 25.7 Å². The molecule has 3 heteroatoms. The van der Waals surface area contributed by atoms with Gasteiger partial charge in [-0.25, -0.2) is 0 Å². The Morgan fingerprint density at radius 2 is 1.87 bits per heavy atom. The second-order valence-electron chi connectivity index (χ2n) is 4.91. The SMILES string of the molecule is CC(=O)NCCC1CCC(N(C)C)CC1. The highest BCUT2D eigenvalue weighted by atomic mass is 16.1. The van der Waals surface area contributed by atoms with Crippen molar-refractivity contribution in [1.29, 1.82) is 0 Å². The van der Waals surface area contributed by atoms with E-state index < -0.39 is 0 Å². The molecule has 88 valence electrons. The average Bonchev–Trinajstić information content (AvgIpc) is 2.18. The Balaban J connectivity index is 2.12. The van der Waals surface area contributed by atoms with E-state index in [9.17, 15) is 4.79 Å². The van der Waals surface area contributed by atoms with Crippen molar-refractivity contribution in [2.45, 2.75) is 45.1 Å². The zero-order chi connectivity index (χ0) is 11.3. The summed E-state index contributed by atoms with van der Waals surface area (Å²) in [5.41, 5.74) is 0. The van der Waals surface area contributed by atoms with Gasteiger partial charge >= 0.3 is 0 Å². The molecule has 1 aliphatic carbocycles. The first-order valence-corrected chi connectivity index (χ1v) is 6.00. The van der Waals surface area contributed by atoms with Crippen molar-refractivity contribution in [3.8, 4) is 0 Å². The average molecular weight is 212 g/mol. The van der Waals surface area contributed by atoms with E-state index in [1.807, 2.05) is 0 Å². The minimum absolute atomic E-state index is 0.0944. The Hall–Kier alpha value is -0.570. The first-order chi connectivity index (χ1) is 7.09. The van der Waals surface area contributed by atoms with Crippen LogP contribution in [0, 0.1) is 5.92 Å². The first-order valence-electron chi connectivity index (χ1n) is 6.00. The molecule has 3 nitrogen and oxygen atoms in total. The third-order valence-electron chi connectivity index (χ3n) is 3.47. The van der Waals surface area contributed by atoms with Crippen molar-refractivity contribution in [3.63, 3.8) is 0 Å². The maximum atomic E-state index is 10.7. The standard InChI is InChI=1S/C12H24N2O/c1-10(15)13-9-8-11-4-6-12(7-5-11)14(2)3/h11-12H,4-9H2,1-3H3,(H,13,15). The Kier molecular flexibility index (Phi) is 5.09. The third-order valence-corrected chi connectivity index (χ3v) is 3.47. The van der Waals surface area contributed by atoms with Gasteiger partial charge in [0.2, 0.25) is 5.91 Å². The third kappa shape index (κ3) is 4.65. The first kappa shape index (κ1) is 12.5. The number of hydrogen-bond acceptors (Lipinski definition) is 2. The van der Waals surface area contributed by atoms with Gasteiger partial charge in [-0.3, -0.25) is 4.79 Å². The predicted molar refractivity (Wildman–Crippen MR) is 62.7 cm³/mol. The van der Waals surface area contributed by atoms with Crippen LogP contribution in [0.3, 0.4) is 0 Å². The van der Waals surface area contributed by atoms with E-state index >= 15 is 0 Å². The quantitative estimate of drug-likeness (QED) is 0.768. The van der Waals surface area contributed by atoms with Crippen molar-refractivity contribution in [3.05, 3.63) is 0 Å². The molecule has 1 rings (SSSR count). The van der Waals surface area contributed by atoms with Crippen LogP contribution in [0.25, 0.3) is 0 Å². The molecule has 0 saturated heterocycles. The number of carbonyl (C=O) groups excluding carboxylic acids is 1. The highest BCUT2D eigenvalue weighted by Crippen LogP contribution is 2.28. The largest absolute Gasteiger partial charge is 0.356 e. The molecule has 0 aromatic heterocycles. The van der Waals surface area contributed by atoms with Gasteiger partial charge in [-0.2, -0.15) is 0 Å². The molecule has 0 aromatic rings. The lowest BCUT2D eigenvalue weighted by atomic mass is 9.84. The summed E-state index contributed by atoms with van der Waals surface area (Å²) < 4.78 is 0. The molecule has 1 saturated carbocycles. The molecular weight excluding hydrogens is 188 g/mol. The van der Waals surface area contributed by atoms with Crippen LogP contribution < -0.4 is 5.32 Å². The highest BCUT2D eigenvalue weighted by Gasteiger charge is 2.21. The molecule has 0 aliphatic heterocycles. The molecule has 1 aliphatic rings. The molecule has 0 bridgehead atoms. The molecule has 15 heavy (non-hydrogen) atoms. The summed E-state index contributed by atoms with van der Waals surface area (Å²) in [6.45, 7) is 2.44. The topological polar surface area (TPSA) is 32.3 Å². The predicted octanol–water partition coefficient (Wildman–Crippen LogP) is 1.63. The molecule has 1 N–H and O–H groups in total. The zero-order valence-electron chi connectivity index (χ0n) is 10.3. The van der Waals surface area contributed by atoms with E-state index in [0.717, 1.165) is 24.9 Å². The van der Waals surface area contributed by atoms with Gasteiger partial charge in [0.05, 0.1) is 0 Å². The summed E-state index contributed by atoms with van der Waals surface area (Å²) in [5, 5.41) is 2.88. The molecule has 0 aromatic carbocycles.